The number of aliphatic hydroxyl groups is 1. The van der Waals surface area contributed by atoms with E-state index in [0.717, 1.165) is 25.3 Å². The van der Waals surface area contributed by atoms with Gasteiger partial charge < -0.3 is 9.84 Å². The lowest BCUT2D eigenvalue weighted by Gasteiger charge is -2.16. The summed E-state index contributed by atoms with van der Waals surface area (Å²) in [5, 5.41) is 9.62. The SMILES string of the molecule is COC(=O)c1ccc(F)cc1S(=O)(=O)NCC(O)C(C)C. The molecule has 0 saturated heterocycles. The van der Waals surface area contributed by atoms with Crippen molar-refractivity contribution in [1.82, 2.24) is 4.72 Å². The highest BCUT2D eigenvalue weighted by atomic mass is 32.2. The molecule has 1 rings (SSSR count). The Hall–Kier alpha value is -1.51. The predicted octanol–water partition coefficient (Wildman–Crippen LogP) is 0.907. The average Bonchev–Trinajstić information content (AvgIpc) is 2.43. The molecular weight excluding hydrogens is 301 g/mol. The molecule has 0 fully saturated rings. The van der Waals surface area contributed by atoms with Gasteiger partial charge in [0.25, 0.3) is 0 Å². The van der Waals surface area contributed by atoms with Crippen molar-refractivity contribution in [3.8, 4) is 0 Å². The van der Waals surface area contributed by atoms with Gasteiger partial charge in [0.15, 0.2) is 0 Å². The number of esters is 1. The summed E-state index contributed by atoms with van der Waals surface area (Å²) in [6.07, 6.45) is -0.894. The lowest BCUT2D eigenvalue weighted by atomic mass is 10.1. The number of benzene rings is 1. The van der Waals surface area contributed by atoms with E-state index in [4.69, 9.17) is 0 Å². The van der Waals surface area contributed by atoms with Crippen LogP contribution in [0.1, 0.15) is 24.2 Å². The minimum atomic E-state index is -4.15. The fraction of sp³-hybridized carbons (Fsp3) is 0.462. The minimum Gasteiger partial charge on any atom is -0.465 e. The molecule has 0 aliphatic carbocycles. The molecule has 1 atom stereocenters. The standard InChI is InChI=1S/C13H18FNO5S/c1-8(2)11(16)7-15-21(18,19)12-6-9(14)4-5-10(12)13(17)20-3/h4-6,8,11,15-16H,7H2,1-3H3. The van der Waals surface area contributed by atoms with Gasteiger partial charge in [-0.1, -0.05) is 13.8 Å². The topological polar surface area (TPSA) is 92.7 Å². The van der Waals surface area contributed by atoms with Crippen LogP contribution in [-0.4, -0.2) is 39.3 Å². The van der Waals surface area contributed by atoms with Crippen molar-refractivity contribution in [2.45, 2.75) is 24.8 Å². The lowest BCUT2D eigenvalue weighted by molar-refractivity contribution is 0.0596. The summed E-state index contributed by atoms with van der Waals surface area (Å²) in [6, 6.07) is 2.74. The molecule has 0 amide bonds. The Morgan fingerprint density at radius 2 is 2.05 bits per heavy atom. The Morgan fingerprint density at radius 1 is 1.43 bits per heavy atom. The molecular formula is C13H18FNO5S. The Labute approximate surface area is 123 Å². The van der Waals surface area contributed by atoms with Crippen LogP contribution in [0, 0.1) is 11.7 Å². The zero-order chi connectivity index (χ0) is 16.2. The molecule has 1 aromatic rings. The van der Waals surface area contributed by atoms with Crippen molar-refractivity contribution in [3.05, 3.63) is 29.6 Å². The van der Waals surface area contributed by atoms with Crippen LogP contribution < -0.4 is 4.72 Å². The molecule has 8 heteroatoms. The van der Waals surface area contributed by atoms with Crippen LogP contribution in [0.5, 0.6) is 0 Å². The van der Waals surface area contributed by atoms with Crippen molar-refractivity contribution in [2.24, 2.45) is 5.92 Å². The second kappa shape index (κ2) is 6.97. The van der Waals surface area contributed by atoms with E-state index in [-0.39, 0.29) is 18.0 Å². The molecule has 0 bridgehead atoms. The van der Waals surface area contributed by atoms with Crippen LogP contribution in [0.2, 0.25) is 0 Å². The smallest absolute Gasteiger partial charge is 0.339 e. The molecule has 1 aromatic carbocycles. The molecule has 0 aromatic heterocycles. The number of aliphatic hydroxyl groups excluding tert-OH is 1. The monoisotopic (exact) mass is 319 g/mol. The summed E-state index contributed by atoms with van der Waals surface area (Å²) < 4.78 is 44.2. The first-order chi connectivity index (χ1) is 9.69. The molecule has 0 radical (unpaired) electrons. The summed E-state index contributed by atoms with van der Waals surface area (Å²) in [4.78, 5) is 11.0. The van der Waals surface area contributed by atoms with Crippen LogP contribution in [0.4, 0.5) is 4.39 Å². The van der Waals surface area contributed by atoms with Crippen LogP contribution >= 0.6 is 0 Å². The van der Waals surface area contributed by atoms with Crippen molar-refractivity contribution in [2.75, 3.05) is 13.7 Å². The van der Waals surface area contributed by atoms with Gasteiger partial charge in [0.2, 0.25) is 10.0 Å². The quantitative estimate of drug-likeness (QED) is 0.760. The van der Waals surface area contributed by atoms with Gasteiger partial charge in [-0.05, 0) is 24.1 Å². The second-order valence-corrected chi connectivity index (χ2v) is 6.53. The average molecular weight is 319 g/mol. The maximum Gasteiger partial charge on any atom is 0.339 e. The summed E-state index contributed by atoms with van der Waals surface area (Å²) >= 11 is 0. The summed E-state index contributed by atoms with van der Waals surface area (Å²) in [7, 11) is -3.05. The Balaban J connectivity index is 3.13. The van der Waals surface area contributed by atoms with E-state index < -0.39 is 32.8 Å². The molecule has 21 heavy (non-hydrogen) atoms. The fourth-order valence-electron chi connectivity index (χ4n) is 1.51. The summed E-state index contributed by atoms with van der Waals surface area (Å²) in [6.45, 7) is 3.21. The molecule has 1 unspecified atom stereocenters. The van der Waals surface area contributed by atoms with Gasteiger partial charge in [-0.15, -0.1) is 0 Å². The minimum absolute atomic E-state index is 0.153. The molecule has 2 N–H and O–H groups in total. The van der Waals surface area contributed by atoms with Gasteiger partial charge >= 0.3 is 5.97 Å². The van der Waals surface area contributed by atoms with Gasteiger partial charge in [0.05, 0.1) is 23.7 Å². The number of hydrogen-bond acceptors (Lipinski definition) is 5. The highest BCUT2D eigenvalue weighted by Gasteiger charge is 2.24. The van der Waals surface area contributed by atoms with Crippen LogP contribution in [0.15, 0.2) is 23.1 Å². The second-order valence-electron chi connectivity index (χ2n) is 4.80. The van der Waals surface area contributed by atoms with E-state index in [2.05, 4.69) is 9.46 Å². The van der Waals surface area contributed by atoms with Crippen molar-refractivity contribution in [3.63, 3.8) is 0 Å². The fourth-order valence-corrected chi connectivity index (χ4v) is 2.76. The van der Waals surface area contributed by atoms with Gasteiger partial charge in [0.1, 0.15) is 5.82 Å². The van der Waals surface area contributed by atoms with E-state index in [9.17, 15) is 22.7 Å². The largest absolute Gasteiger partial charge is 0.465 e. The van der Waals surface area contributed by atoms with Crippen LogP contribution in [-0.2, 0) is 14.8 Å². The van der Waals surface area contributed by atoms with Gasteiger partial charge in [-0.2, -0.15) is 0 Å². The molecule has 0 saturated carbocycles. The summed E-state index contributed by atoms with van der Waals surface area (Å²) in [5.74, 6) is -1.84. The molecule has 0 aliphatic rings. The molecule has 0 aliphatic heterocycles. The first kappa shape index (κ1) is 17.5. The molecule has 6 nitrogen and oxygen atoms in total. The molecule has 0 heterocycles. The van der Waals surface area contributed by atoms with Crippen molar-refractivity contribution in [1.29, 1.82) is 0 Å². The first-order valence-corrected chi connectivity index (χ1v) is 7.73. The zero-order valence-corrected chi connectivity index (χ0v) is 12.8. The number of rotatable bonds is 6. The van der Waals surface area contributed by atoms with Crippen LogP contribution in [0.25, 0.3) is 0 Å². The number of ether oxygens (including phenoxy) is 1. The van der Waals surface area contributed by atoms with Gasteiger partial charge in [-0.25, -0.2) is 22.3 Å². The normalized spacial score (nSPS) is 13.2. The number of nitrogens with one attached hydrogen (secondary N) is 1. The van der Waals surface area contributed by atoms with E-state index in [0.29, 0.717) is 0 Å². The highest BCUT2D eigenvalue weighted by molar-refractivity contribution is 7.89. The van der Waals surface area contributed by atoms with Crippen molar-refractivity contribution >= 4 is 16.0 Å². The van der Waals surface area contributed by atoms with E-state index in [1.54, 1.807) is 13.8 Å². The maximum absolute atomic E-state index is 13.3. The number of sulfonamides is 1. The Kier molecular flexibility index (Phi) is 5.82. The molecule has 118 valence electrons. The predicted molar refractivity (Wildman–Crippen MR) is 73.8 cm³/mol. The highest BCUT2D eigenvalue weighted by Crippen LogP contribution is 2.18. The van der Waals surface area contributed by atoms with Crippen molar-refractivity contribution < 1.29 is 27.4 Å². The summed E-state index contributed by atoms with van der Waals surface area (Å²) in [5.41, 5.74) is -0.273. The van der Waals surface area contributed by atoms with E-state index in [1.165, 1.54) is 0 Å². The van der Waals surface area contributed by atoms with E-state index >= 15 is 0 Å². The lowest BCUT2D eigenvalue weighted by Crippen LogP contribution is -2.35. The van der Waals surface area contributed by atoms with E-state index in [1.807, 2.05) is 0 Å². The molecule has 0 spiro atoms. The Bertz CT molecular complexity index is 615. The van der Waals surface area contributed by atoms with Gasteiger partial charge in [0, 0.05) is 6.54 Å². The number of hydrogen-bond donors (Lipinski definition) is 2. The van der Waals surface area contributed by atoms with Crippen LogP contribution in [0.3, 0.4) is 0 Å². The zero-order valence-electron chi connectivity index (χ0n) is 12.0. The third-order valence-corrected chi connectivity index (χ3v) is 4.35. The number of halogens is 1. The van der Waals surface area contributed by atoms with Gasteiger partial charge in [-0.3, -0.25) is 0 Å². The number of carbonyl (C=O) groups excluding carboxylic acids is 1. The first-order valence-electron chi connectivity index (χ1n) is 6.24. The third kappa shape index (κ3) is 4.48. The third-order valence-electron chi connectivity index (χ3n) is 2.89. The maximum atomic E-state index is 13.3. The number of carbonyl (C=O) groups is 1. The Morgan fingerprint density at radius 3 is 2.57 bits per heavy atom. The number of methoxy groups -OCH3 is 1.